The first-order valence-corrected chi connectivity index (χ1v) is 26.5. The number of nitrogens with zero attached hydrogens (tertiary/aromatic N) is 2. The Labute approximate surface area is 241 Å². The molecule has 0 aliphatic heterocycles. The van der Waals surface area contributed by atoms with E-state index in [1.807, 2.05) is 24.5 Å². The Bertz CT molecular complexity index is 1520. The van der Waals surface area contributed by atoms with Crippen molar-refractivity contribution in [2.24, 2.45) is 0 Å². The summed E-state index contributed by atoms with van der Waals surface area (Å²) in [6, 6.07) is 21.5. The Hall–Kier alpha value is -2.10. The quantitative estimate of drug-likeness (QED) is 0.210. The van der Waals surface area contributed by atoms with Crippen molar-refractivity contribution in [2.75, 3.05) is 0 Å². The molecule has 194 valence electrons. The largest absolute Gasteiger partial charge is 0.147 e. The molecule has 0 N–H and O–H groups in total. The second-order valence-corrected chi connectivity index (χ2v) is 42.2. The summed E-state index contributed by atoms with van der Waals surface area (Å²) in [5.41, 5.74) is 13.2. The molecule has 2 nitrogen and oxygen atoms in total. The first-order valence-electron chi connectivity index (χ1n) is 12.8. The smallest absolute Gasteiger partial charge is 0.147 e. The maximum absolute atomic E-state index is 4.69. The Kier molecular flexibility index (Phi) is 7.96. The maximum atomic E-state index is 4.69. The minimum atomic E-state index is -3.48. The van der Waals surface area contributed by atoms with Crippen LogP contribution in [0.25, 0.3) is 34.7 Å². The second-order valence-electron chi connectivity index (χ2n) is 11.6. The van der Waals surface area contributed by atoms with E-state index in [1.54, 1.807) is 0 Å². The summed E-state index contributed by atoms with van der Waals surface area (Å²) >= 11 is -3.48. The third kappa shape index (κ3) is 4.54. The van der Waals surface area contributed by atoms with Crippen LogP contribution >= 0.6 is 24.8 Å². The molecule has 2 aliphatic rings. The van der Waals surface area contributed by atoms with E-state index in [0.717, 1.165) is 11.4 Å². The molecule has 0 radical (unpaired) electrons. The van der Waals surface area contributed by atoms with Crippen molar-refractivity contribution in [2.45, 2.75) is 30.4 Å². The molecule has 0 amide bonds. The summed E-state index contributed by atoms with van der Waals surface area (Å²) in [6.45, 7) is 6.96. The fraction of sp³-hybridized carbons (Fsp3) is 0.188. The molecule has 2 heterocycles. The van der Waals surface area contributed by atoms with Crippen LogP contribution in [0.4, 0.5) is 0 Å². The molecule has 4 aromatic rings. The zero-order valence-electron chi connectivity index (χ0n) is 22.3. The first-order chi connectivity index (χ1) is 17.2. The van der Waals surface area contributed by atoms with Gasteiger partial charge in [-0.25, -0.2) is 0 Å². The topological polar surface area (TPSA) is 25.8 Å². The minimum Gasteiger partial charge on any atom is -0.147 e. The van der Waals surface area contributed by atoms with Crippen molar-refractivity contribution in [3.05, 3.63) is 119 Å². The van der Waals surface area contributed by atoms with E-state index in [-0.39, 0.29) is 24.8 Å². The van der Waals surface area contributed by atoms with Crippen molar-refractivity contribution < 1.29 is 17.4 Å². The van der Waals surface area contributed by atoms with Gasteiger partial charge in [0.25, 0.3) is 0 Å². The number of fused-ring (bicyclic) bond motifs is 2. The number of aromatic nitrogens is 2. The van der Waals surface area contributed by atoms with Gasteiger partial charge in [0, 0.05) is 0 Å². The van der Waals surface area contributed by atoms with E-state index in [2.05, 4.69) is 113 Å². The molecule has 0 bridgehead atoms. The number of benzene rings is 2. The van der Waals surface area contributed by atoms with Crippen molar-refractivity contribution in [1.82, 2.24) is 9.97 Å². The Morgan fingerprint density at radius 1 is 0.632 bits per heavy atom. The standard InChI is InChI=1S/2C15H12N.2CH3.2ClH.H2Si.Zr/c2*1-11-8-9-14(13-6-4-5-12(11)13)15-7-2-3-10-16-15;;;;;;/h2*2-10H,1H3;2*1H3;2*1H;1H2;. The molecular formula is C32H34Cl2N2SiZr. The van der Waals surface area contributed by atoms with Gasteiger partial charge in [-0.2, -0.15) is 0 Å². The van der Waals surface area contributed by atoms with E-state index in [9.17, 15) is 0 Å². The number of hydrogen-bond donors (Lipinski definition) is 0. The average molecular weight is 637 g/mol. The molecule has 2 aliphatic carbocycles. The van der Waals surface area contributed by atoms with Gasteiger partial charge in [0.15, 0.2) is 0 Å². The minimum absolute atomic E-state index is 0. The fourth-order valence-corrected chi connectivity index (χ4v) is 21.6. The van der Waals surface area contributed by atoms with Crippen LogP contribution in [-0.2, 0) is 17.4 Å². The molecule has 6 heteroatoms. The Morgan fingerprint density at radius 2 is 1.05 bits per heavy atom. The summed E-state index contributed by atoms with van der Waals surface area (Å²) in [5, 5.41) is 0. The van der Waals surface area contributed by atoms with Gasteiger partial charge >= 0.3 is 218 Å². The van der Waals surface area contributed by atoms with Gasteiger partial charge in [0.1, 0.15) is 0 Å². The molecule has 0 saturated carbocycles. The van der Waals surface area contributed by atoms with Crippen LogP contribution in [0.15, 0.2) is 85.2 Å². The summed E-state index contributed by atoms with van der Waals surface area (Å²) in [4.78, 5) is 9.37. The number of pyridine rings is 2. The Morgan fingerprint density at radius 3 is 1.42 bits per heavy atom. The van der Waals surface area contributed by atoms with Crippen LogP contribution in [0.5, 0.6) is 0 Å². The summed E-state index contributed by atoms with van der Waals surface area (Å²) in [5.74, 6) is 0. The van der Waals surface area contributed by atoms with Crippen molar-refractivity contribution in [3.8, 4) is 22.5 Å². The van der Waals surface area contributed by atoms with Crippen LogP contribution in [0, 0.1) is 13.8 Å². The molecule has 38 heavy (non-hydrogen) atoms. The normalized spacial score (nSPS) is 17.4. The number of hydrogen-bond acceptors (Lipinski definition) is 2. The summed E-state index contributed by atoms with van der Waals surface area (Å²) in [7, 11) is 0. The third-order valence-electron chi connectivity index (χ3n) is 8.47. The zero-order valence-corrected chi connectivity index (χ0v) is 27.8. The zero-order chi connectivity index (χ0) is 25.1. The fourth-order valence-electron chi connectivity index (χ4n) is 6.52. The second kappa shape index (κ2) is 10.5. The van der Waals surface area contributed by atoms with E-state index in [1.165, 1.54) is 44.5 Å². The summed E-state index contributed by atoms with van der Waals surface area (Å²) < 4.78 is 6.32. The van der Waals surface area contributed by atoms with Gasteiger partial charge in [-0.05, 0) is 0 Å². The molecule has 2 atom stereocenters. The molecule has 6 rings (SSSR count). The predicted octanol–water partition coefficient (Wildman–Crippen LogP) is 8.44. The molecule has 0 fully saturated rings. The van der Waals surface area contributed by atoms with Crippen LogP contribution < -0.4 is 0 Å². The van der Waals surface area contributed by atoms with Gasteiger partial charge in [-0.3, -0.25) is 0 Å². The molecule has 0 spiro atoms. The number of rotatable bonds is 4. The Balaban J connectivity index is 0.00000168. The van der Waals surface area contributed by atoms with Gasteiger partial charge in [-0.1, -0.05) is 0 Å². The van der Waals surface area contributed by atoms with Crippen molar-refractivity contribution in [3.63, 3.8) is 0 Å². The SMILES string of the molecule is Cc1ccc(-c2ccccn2)c2c1[CH]([Zr]([CH3])([CH3])(=[SiH2])[CH]1C=Cc3c(-c4ccccn4)ccc(C)c31)C=C2.Cl.Cl. The van der Waals surface area contributed by atoms with Crippen molar-refractivity contribution in [1.29, 1.82) is 0 Å². The van der Waals surface area contributed by atoms with E-state index in [0.29, 0.717) is 7.25 Å². The van der Waals surface area contributed by atoms with E-state index >= 15 is 0 Å². The third-order valence-corrected chi connectivity index (χ3v) is 26.1. The average Bonchev–Trinajstić information content (AvgIpc) is 3.53. The first kappa shape index (κ1) is 28.9. The van der Waals surface area contributed by atoms with Crippen LogP contribution in [0.1, 0.15) is 40.6 Å². The van der Waals surface area contributed by atoms with Gasteiger partial charge in [0.2, 0.25) is 0 Å². The molecule has 0 saturated heterocycles. The predicted molar refractivity (Wildman–Crippen MR) is 167 cm³/mol. The van der Waals surface area contributed by atoms with Gasteiger partial charge in [-0.15, -0.1) is 24.8 Å². The van der Waals surface area contributed by atoms with Crippen LogP contribution in [0.3, 0.4) is 0 Å². The van der Waals surface area contributed by atoms with Crippen LogP contribution in [0.2, 0.25) is 9.26 Å². The van der Waals surface area contributed by atoms with Crippen molar-refractivity contribution >= 4 is 43.8 Å². The number of aryl methyl sites for hydroxylation is 2. The van der Waals surface area contributed by atoms with Gasteiger partial charge < -0.3 is 0 Å². The summed E-state index contributed by atoms with van der Waals surface area (Å²) in [6.07, 6.45) is 13.6. The molecule has 2 aromatic heterocycles. The van der Waals surface area contributed by atoms with E-state index in [4.69, 9.17) is 0 Å². The molecular weight excluding hydrogens is 603 g/mol. The molecule has 2 unspecified atom stereocenters. The molecule has 2 aromatic carbocycles. The number of allylic oxidation sites excluding steroid dienone is 2. The maximum Gasteiger partial charge on any atom is -0.147 e. The number of halogens is 2. The van der Waals surface area contributed by atoms with Crippen LogP contribution in [-0.4, -0.2) is 16.8 Å². The van der Waals surface area contributed by atoms with Gasteiger partial charge in [0.05, 0.1) is 0 Å². The van der Waals surface area contributed by atoms with E-state index < -0.39 is 17.4 Å². The monoisotopic (exact) mass is 634 g/mol.